The van der Waals surface area contributed by atoms with Crippen LogP contribution in [0.25, 0.3) is 0 Å². The molecule has 0 aromatic heterocycles. The van der Waals surface area contributed by atoms with E-state index in [9.17, 15) is 0 Å². The Hall–Kier alpha value is -1.02. The second-order valence-electron chi connectivity index (χ2n) is 4.59. The van der Waals surface area contributed by atoms with E-state index in [0.717, 1.165) is 19.0 Å². The van der Waals surface area contributed by atoms with E-state index in [1.54, 1.807) is 0 Å². The van der Waals surface area contributed by atoms with E-state index >= 15 is 0 Å². The summed E-state index contributed by atoms with van der Waals surface area (Å²) in [6.07, 6.45) is 3.67. The normalized spacial score (nSPS) is 17.2. The average molecular weight is 218 g/mol. The number of rotatable bonds is 5. The van der Waals surface area contributed by atoms with Crippen LogP contribution < -0.4 is 10.6 Å². The highest BCUT2D eigenvalue weighted by molar-refractivity contribution is 5.56. The summed E-state index contributed by atoms with van der Waals surface area (Å²) in [7, 11) is 0. The van der Waals surface area contributed by atoms with Crippen LogP contribution in [0.3, 0.4) is 0 Å². The minimum absolute atomic E-state index is 0.170. The summed E-state index contributed by atoms with van der Waals surface area (Å²) in [6, 6.07) is 9.53. The minimum atomic E-state index is 0.170. The number of hydrogen-bond acceptors (Lipinski definition) is 2. The van der Waals surface area contributed by atoms with E-state index in [-0.39, 0.29) is 6.04 Å². The molecule has 0 spiro atoms. The summed E-state index contributed by atoms with van der Waals surface area (Å²) in [5, 5.41) is 0. The van der Waals surface area contributed by atoms with Crippen molar-refractivity contribution in [2.24, 2.45) is 5.73 Å². The highest BCUT2D eigenvalue weighted by atomic mass is 15.2. The number of nitrogens with two attached hydrogens (primary N) is 1. The minimum Gasteiger partial charge on any atom is -0.369 e. The Morgan fingerprint density at radius 3 is 2.56 bits per heavy atom. The summed E-state index contributed by atoms with van der Waals surface area (Å²) in [6.45, 7) is 5.46. The number of para-hydroxylation sites is 1. The lowest BCUT2D eigenvalue weighted by Crippen LogP contribution is -2.27. The van der Waals surface area contributed by atoms with E-state index in [1.165, 1.54) is 24.1 Å². The quantitative estimate of drug-likeness (QED) is 0.823. The second-order valence-corrected chi connectivity index (χ2v) is 4.59. The van der Waals surface area contributed by atoms with Gasteiger partial charge in [0, 0.05) is 24.3 Å². The molecule has 2 N–H and O–H groups in total. The SMILES string of the molecule is CCC(N)c1ccccc1N(CC)C1CC1. The summed E-state index contributed by atoms with van der Waals surface area (Å²) in [4.78, 5) is 2.50. The molecule has 0 bridgehead atoms. The fourth-order valence-electron chi connectivity index (χ4n) is 2.29. The lowest BCUT2D eigenvalue weighted by molar-refractivity contribution is 0.689. The predicted octanol–water partition coefficient (Wildman–Crippen LogP) is 3.09. The first kappa shape index (κ1) is 11.5. The molecule has 1 aromatic rings. The molecule has 1 aliphatic rings. The lowest BCUT2D eigenvalue weighted by Gasteiger charge is -2.27. The molecule has 1 aromatic carbocycles. The van der Waals surface area contributed by atoms with Gasteiger partial charge in [-0.3, -0.25) is 0 Å². The molecular formula is C14H22N2. The molecule has 0 heterocycles. The summed E-state index contributed by atoms with van der Waals surface area (Å²) in [5.41, 5.74) is 8.83. The van der Waals surface area contributed by atoms with Crippen molar-refractivity contribution in [3.63, 3.8) is 0 Å². The molecule has 0 saturated heterocycles. The average Bonchev–Trinajstić information content (AvgIpc) is 3.14. The van der Waals surface area contributed by atoms with Crippen LogP contribution in [0.5, 0.6) is 0 Å². The highest BCUT2D eigenvalue weighted by Crippen LogP contribution is 2.35. The Morgan fingerprint density at radius 1 is 1.31 bits per heavy atom. The van der Waals surface area contributed by atoms with Gasteiger partial charge in [-0.25, -0.2) is 0 Å². The molecule has 1 saturated carbocycles. The first-order chi connectivity index (χ1) is 7.77. The van der Waals surface area contributed by atoms with Crippen LogP contribution in [0, 0.1) is 0 Å². The van der Waals surface area contributed by atoms with E-state index in [0.29, 0.717) is 0 Å². The van der Waals surface area contributed by atoms with Crippen molar-refractivity contribution in [3.8, 4) is 0 Å². The molecule has 2 heteroatoms. The van der Waals surface area contributed by atoms with Crippen molar-refractivity contribution >= 4 is 5.69 Å². The molecule has 0 amide bonds. The second kappa shape index (κ2) is 4.88. The zero-order valence-electron chi connectivity index (χ0n) is 10.3. The van der Waals surface area contributed by atoms with Crippen molar-refractivity contribution in [1.82, 2.24) is 0 Å². The lowest BCUT2D eigenvalue weighted by atomic mass is 10.0. The number of nitrogens with zero attached hydrogens (tertiary/aromatic N) is 1. The molecule has 2 rings (SSSR count). The standard InChI is InChI=1S/C14H22N2/c1-3-13(15)12-7-5-6-8-14(12)16(4-2)11-9-10-11/h5-8,11,13H,3-4,9-10,15H2,1-2H3. The first-order valence-electron chi connectivity index (χ1n) is 6.39. The smallest absolute Gasteiger partial charge is 0.0417 e. The van der Waals surface area contributed by atoms with Crippen LogP contribution in [0.1, 0.15) is 44.7 Å². The molecule has 1 aliphatic carbocycles. The topological polar surface area (TPSA) is 29.3 Å². The predicted molar refractivity (Wildman–Crippen MR) is 69.7 cm³/mol. The van der Waals surface area contributed by atoms with E-state index < -0.39 is 0 Å². The third kappa shape index (κ3) is 2.22. The van der Waals surface area contributed by atoms with Crippen molar-refractivity contribution in [2.45, 2.75) is 45.2 Å². The molecule has 16 heavy (non-hydrogen) atoms. The largest absolute Gasteiger partial charge is 0.369 e. The van der Waals surface area contributed by atoms with E-state index in [4.69, 9.17) is 5.73 Å². The van der Waals surface area contributed by atoms with E-state index in [1.807, 2.05) is 0 Å². The van der Waals surface area contributed by atoms with Crippen molar-refractivity contribution in [2.75, 3.05) is 11.4 Å². The van der Waals surface area contributed by atoms with Gasteiger partial charge in [0.15, 0.2) is 0 Å². The molecule has 88 valence electrons. The summed E-state index contributed by atoms with van der Waals surface area (Å²) in [5.74, 6) is 0. The van der Waals surface area contributed by atoms with Crippen molar-refractivity contribution in [1.29, 1.82) is 0 Å². The van der Waals surface area contributed by atoms with Gasteiger partial charge in [0.1, 0.15) is 0 Å². The third-order valence-electron chi connectivity index (χ3n) is 3.41. The Kier molecular flexibility index (Phi) is 3.49. The maximum atomic E-state index is 6.18. The van der Waals surface area contributed by atoms with Gasteiger partial charge in [-0.1, -0.05) is 25.1 Å². The molecular weight excluding hydrogens is 196 g/mol. The number of anilines is 1. The fraction of sp³-hybridized carbons (Fsp3) is 0.571. The Morgan fingerprint density at radius 2 is 2.00 bits per heavy atom. The Bertz CT molecular complexity index is 344. The third-order valence-corrected chi connectivity index (χ3v) is 3.41. The Labute approximate surface area is 98.4 Å². The van der Waals surface area contributed by atoms with Crippen LogP contribution in [0.2, 0.25) is 0 Å². The maximum absolute atomic E-state index is 6.18. The fourth-order valence-corrected chi connectivity index (χ4v) is 2.29. The van der Waals surface area contributed by atoms with Crippen molar-refractivity contribution in [3.05, 3.63) is 29.8 Å². The monoisotopic (exact) mass is 218 g/mol. The molecule has 1 unspecified atom stereocenters. The Balaban J connectivity index is 2.30. The van der Waals surface area contributed by atoms with Crippen LogP contribution in [0.4, 0.5) is 5.69 Å². The summed E-state index contributed by atoms with van der Waals surface area (Å²) < 4.78 is 0. The van der Waals surface area contributed by atoms with Gasteiger partial charge in [-0.2, -0.15) is 0 Å². The zero-order chi connectivity index (χ0) is 11.5. The zero-order valence-corrected chi connectivity index (χ0v) is 10.3. The molecule has 0 aliphatic heterocycles. The van der Waals surface area contributed by atoms with E-state index in [2.05, 4.69) is 43.0 Å². The molecule has 1 fully saturated rings. The van der Waals surface area contributed by atoms with Crippen LogP contribution >= 0.6 is 0 Å². The van der Waals surface area contributed by atoms with Gasteiger partial charge in [-0.15, -0.1) is 0 Å². The van der Waals surface area contributed by atoms with Gasteiger partial charge in [-0.05, 0) is 37.8 Å². The van der Waals surface area contributed by atoms with Gasteiger partial charge in [0.2, 0.25) is 0 Å². The van der Waals surface area contributed by atoms with Crippen LogP contribution in [0.15, 0.2) is 24.3 Å². The highest BCUT2D eigenvalue weighted by Gasteiger charge is 2.29. The van der Waals surface area contributed by atoms with Gasteiger partial charge in [0.05, 0.1) is 0 Å². The molecule has 2 nitrogen and oxygen atoms in total. The molecule has 0 radical (unpaired) electrons. The van der Waals surface area contributed by atoms with Crippen molar-refractivity contribution < 1.29 is 0 Å². The maximum Gasteiger partial charge on any atom is 0.0417 e. The molecule has 1 atom stereocenters. The van der Waals surface area contributed by atoms with Crippen LogP contribution in [-0.4, -0.2) is 12.6 Å². The van der Waals surface area contributed by atoms with Gasteiger partial charge in [0.25, 0.3) is 0 Å². The van der Waals surface area contributed by atoms with Gasteiger partial charge < -0.3 is 10.6 Å². The first-order valence-corrected chi connectivity index (χ1v) is 6.39. The number of benzene rings is 1. The number of hydrogen-bond donors (Lipinski definition) is 1. The van der Waals surface area contributed by atoms with Crippen LogP contribution in [-0.2, 0) is 0 Å². The van der Waals surface area contributed by atoms with Gasteiger partial charge >= 0.3 is 0 Å². The summed E-state index contributed by atoms with van der Waals surface area (Å²) >= 11 is 0.